The van der Waals surface area contributed by atoms with Crippen LogP contribution in [0.1, 0.15) is 25.5 Å². The number of ether oxygens (including phenoxy) is 1. The van der Waals surface area contributed by atoms with E-state index >= 15 is 0 Å². The van der Waals surface area contributed by atoms with Crippen LogP contribution >= 0.6 is 0 Å². The van der Waals surface area contributed by atoms with E-state index in [4.69, 9.17) is 4.74 Å². The summed E-state index contributed by atoms with van der Waals surface area (Å²) < 4.78 is 5.09. The largest absolute Gasteiger partial charge is 0.497 e. The first-order valence-electron chi connectivity index (χ1n) is 4.35. The molecule has 0 spiro atoms. The number of unbranched alkanes of at least 4 members (excludes halogenated alkanes) is 1. The summed E-state index contributed by atoms with van der Waals surface area (Å²) in [6, 6.07) is 3.87. The molecule has 0 N–H and O–H groups in total. The number of aryl methyl sites for hydroxylation is 1. The highest BCUT2D eigenvalue weighted by molar-refractivity contribution is 5.22. The minimum atomic E-state index is 0.899. The second-order valence-electron chi connectivity index (χ2n) is 2.79. The average Bonchev–Trinajstić information content (AvgIpc) is 2.15. The molecule has 1 aromatic rings. The van der Waals surface area contributed by atoms with Crippen molar-refractivity contribution in [2.75, 3.05) is 7.11 Å². The molecule has 0 bridgehead atoms. The highest BCUT2D eigenvalue weighted by Gasteiger charge is 1.95. The van der Waals surface area contributed by atoms with Gasteiger partial charge in [0.1, 0.15) is 5.75 Å². The Morgan fingerprint density at radius 2 is 2.33 bits per heavy atom. The Bertz CT molecular complexity index is 235. The van der Waals surface area contributed by atoms with Crippen LogP contribution in [0.3, 0.4) is 0 Å². The number of hydrogen-bond acceptors (Lipinski definition) is 2. The van der Waals surface area contributed by atoms with Gasteiger partial charge in [0.05, 0.1) is 7.11 Å². The molecular formula is C10H15NO. The Labute approximate surface area is 73.6 Å². The van der Waals surface area contributed by atoms with Crippen molar-refractivity contribution in [1.29, 1.82) is 0 Å². The first kappa shape index (κ1) is 9.04. The van der Waals surface area contributed by atoms with Crippen molar-refractivity contribution in [3.63, 3.8) is 0 Å². The van der Waals surface area contributed by atoms with E-state index in [1.807, 2.05) is 12.1 Å². The Morgan fingerprint density at radius 1 is 1.50 bits per heavy atom. The van der Waals surface area contributed by atoms with E-state index in [0.29, 0.717) is 0 Å². The number of aromatic nitrogens is 1. The van der Waals surface area contributed by atoms with Crippen LogP contribution in [-0.2, 0) is 6.42 Å². The molecule has 0 aromatic carbocycles. The maximum Gasteiger partial charge on any atom is 0.122 e. The summed E-state index contributed by atoms with van der Waals surface area (Å²) in [5, 5.41) is 0. The lowest BCUT2D eigenvalue weighted by atomic mass is 10.2. The molecule has 2 nitrogen and oxygen atoms in total. The number of nitrogens with zero attached hydrogens (tertiary/aromatic N) is 1. The van der Waals surface area contributed by atoms with Gasteiger partial charge in [-0.2, -0.15) is 0 Å². The van der Waals surface area contributed by atoms with Crippen molar-refractivity contribution in [1.82, 2.24) is 4.98 Å². The minimum absolute atomic E-state index is 0.899. The van der Waals surface area contributed by atoms with Gasteiger partial charge in [-0.25, -0.2) is 0 Å². The van der Waals surface area contributed by atoms with Crippen LogP contribution < -0.4 is 4.74 Å². The summed E-state index contributed by atoms with van der Waals surface area (Å²) in [5.41, 5.74) is 1.12. The van der Waals surface area contributed by atoms with Gasteiger partial charge in [0, 0.05) is 18.0 Å². The van der Waals surface area contributed by atoms with E-state index in [1.54, 1.807) is 13.3 Å². The maximum atomic E-state index is 5.09. The fraction of sp³-hybridized carbons (Fsp3) is 0.500. The molecule has 1 aromatic heterocycles. The van der Waals surface area contributed by atoms with Crippen LogP contribution in [0.4, 0.5) is 0 Å². The molecule has 0 saturated carbocycles. The molecule has 0 unspecified atom stereocenters. The lowest BCUT2D eigenvalue weighted by Gasteiger charge is -2.01. The van der Waals surface area contributed by atoms with Crippen LogP contribution in [0.2, 0.25) is 0 Å². The Hall–Kier alpha value is -1.05. The number of hydrogen-bond donors (Lipinski definition) is 0. The van der Waals surface area contributed by atoms with Gasteiger partial charge in [-0.05, 0) is 18.9 Å². The van der Waals surface area contributed by atoms with Gasteiger partial charge in [-0.15, -0.1) is 0 Å². The second kappa shape index (κ2) is 4.75. The van der Waals surface area contributed by atoms with Crippen molar-refractivity contribution in [3.8, 4) is 5.75 Å². The number of pyridine rings is 1. The van der Waals surface area contributed by atoms with Gasteiger partial charge in [-0.1, -0.05) is 13.3 Å². The Morgan fingerprint density at radius 3 is 3.00 bits per heavy atom. The van der Waals surface area contributed by atoms with E-state index < -0.39 is 0 Å². The van der Waals surface area contributed by atoms with Crippen LogP contribution in [0.5, 0.6) is 5.75 Å². The fourth-order valence-corrected chi connectivity index (χ4v) is 1.08. The van der Waals surface area contributed by atoms with Crippen molar-refractivity contribution < 1.29 is 4.74 Å². The molecule has 0 radical (unpaired) electrons. The van der Waals surface area contributed by atoms with Gasteiger partial charge < -0.3 is 4.74 Å². The highest BCUT2D eigenvalue weighted by atomic mass is 16.5. The monoisotopic (exact) mass is 165 g/mol. The molecule has 0 atom stereocenters. The Kier molecular flexibility index (Phi) is 3.58. The van der Waals surface area contributed by atoms with Gasteiger partial charge in [0.25, 0.3) is 0 Å². The third-order valence-electron chi connectivity index (χ3n) is 1.81. The van der Waals surface area contributed by atoms with Crippen molar-refractivity contribution >= 4 is 0 Å². The molecule has 0 aliphatic heterocycles. The van der Waals surface area contributed by atoms with Crippen LogP contribution in [0.15, 0.2) is 18.3 Å². The van der Waals surface area contributed by atoms with E-state index in [1.165, 1.54) is 12.8 Å². The van der Waals surface area contributed by atoms with Crippen molar-refractivity contribution in [2.24, 2.45) is 0 Å². The highest BCUT2D eigenvalue weighted by Crippen LogP contribution is 2.11. The number of rotatable bonds is 4. The summed E-state index contributed by atoms with van der Waals surface area (Å²) in [4.78, 5) is 4.24. The molecule has 12 heavy (non-hydrogen) atoms. The van der Waals surface area contributed by atoms with E-state index in [2.05, 4.69) is 11.9 Å². The van der Waals surface area contributed by atoms with Crippen molar-refractivity contribution in [2.45, 2.75) is 26.2 Å². The fourth-order valence-electron chi connectivity index (χ4n) is 1.08. The molecule has 2 heteroatoms. The summed E-state index contributed by atoms with van der Waals surface area (Å²) in [5.74, 6) is 0.899. The molecule has 0 aliphatic carbocycles. The smallest absolute Gasteiger partial charge is 0.122 e. The third kappa shape index (κ3) is 2.53. The first-order chi connectivity index (χ1) is 5.86. The van der Waals surface area contributed by atoms with Gasteiger partial charge >= 0.3 is 0 Å². The van der Waals surface area contributed by atoms with E-state index in [9.17, 15) is 0 Å². The summed E-state index contributed by atoms with van der Waals surface area (Å²) in [6.45, 7) is 2.18. The lowest BCUT2D eigenvalue weighted by Crippen LogP contribution is -1.91. The number of methoxy groups -OCH3 is 1. The van der Waals surface area contributed by atoms with Crippen molar-refractivity contribution in [3.05, 3.63) is 24.0 Å². The molecule has 0 aliphatic rings. The Balaban J connectivity index is 2.60. The standard InChI is InChI=1S/C10H15NO/c1-3-4-5-9-8-10(12-2)6-7-11-9/h6-8H,3-5H2,1-2H3. The maximum absolute atomic E-state index is 5.09. The molecule has 66 valence electrons. The second-order valence-corrected chi connectivity index (χ2v) is 2.79. The predicted molar refractivity (Wildman–Crippen MR) is 49.4 cm³/mol. The third-order valence-corrected chi connectivity index (χ3v) is 1.81. The zero-order chi connectivity index (χ0) is 8.81. The molecule has 1 rings (SSSR count). The minimum Gasteiger partial charge on any atom is -0.497 e. The molecule has 0 saturated heterocycles. The lowest BCUT2D eigenvalue weighted by molar-refractivity contribution is 0.413. The zero-order valence-electron chi connectivity index (χ0n) is 7.71. The van der Waals surface area contributed by atoms with E-state index in [-0.39, 0.29) is 0 Å². The SMILES string of the molecule is CCCCc1cc(OC)ccn1. The normalized spacial score (nSPS) is 9.83. The topological polar surface area (TPSA) is 22.1 Å². The van der Waals surface area contributed by atoms with Gasteiger partial charge in [0.15, 0.2) is 0 Å². The summed E-state index contributed by atoms with van der Waals surface area (Å²) in [6.07, 6.45) is 5.25. The van der Waals surface area contributed by atoms with Crippen LogP contribution in [0.25, 0.3) is 0 Å². The molecule has 1 heterocycles. The average molecular weight is 165 g/mol. The first-order valence-corrected chi connectivity index (χ1v) is 4.35. The molecule has 0 amide bonds. The van der Waals surface area contributed by atoms with Crippen LogP contribution in [-0.4, -0.2) is 12.1 Å². The molecular weight excluding hydrogens is 150 g/mol. The summed E-state index contributed by atoms with van der Waals surface area (Å²) >= 11 is 0. The van der Waals surface area contributed by atoms with Gasteiger partial charge in [-0.3, -0.25) is 4.98 Å². The van der Waals surface area contributed by atoms with E-state index in [0.717, 1.165) is 17.9 Å². The molecule has 0 fully saturated rings. The van der Waals surface area contributed by atoms with Crippen LogP contribution in [0, 0.1) is 0 Å². The van der Waals surface area contributed by atoms with Gasteiger partial charge in [0.2, 0.25) is 0 Å². The zero-order valence-corrected chi connectivity index (χ0v) is 7.71. The quantitative estimate of drug-likeness (QED) is 0.683. The summed E-state index contributed by atoms with van der Waals surface area (Å²) in [7, 11) is 1.68. The predicted octanol–water partition coefficient (Wildman–Crippen LogP) is 2.43.